The number of fused-ring (bicyclic) bond motifs is 2. The molecule has 6 atom stereocenters. The Balaban J connectivity index is 1.47. The molecule has 1 fully saturated rings. The predicted octanol–water partition coefficient (Wildman–Crippen LogP) is 8.07. The van der Waals surface area contributed by atoms with Gasteiger partial charge in [-0.3, -0.25) is 4.90 Å². The number of ether oxygens (including phenoxy) is 6. The molecule has 68 heavy (non-hydrogen) atoms. The largest absolute Gasteiger partial charge is 0.459 e. The lowest BCUT2D eigenvalue weighted by atomic mass is 9.55. The number of aliphatic hydroxyl groups is 3. The minimum absolute atomic E-state index is 0.0153. The van der Waals surface area contributed by atoms with Gasteiger partial charge in [-0.05, 0) is 93.2 Å². The van der Waals surface area contributed by atoms with Gasteiger partial charge in [0, 0.05) is 44.2 Å². The van der Waals surface area contributed by atoms with Crippen LogP contribution in [0, 0.1) is 17.8 Å². The van der Waals surface area contributed by atoms with Gasteiger partial charge in [0.05, 0.1) is 51.3 Å². The highest BCUT2D eigenvalue weighted by molar-refractivity contribution is 6.03. The van der Waals surface area contributed by atoms with Crippen LogP contribution in [0.4, 0.5) is 9.59 Å². The molecule has 2 aliphatic carbocycles. The van der Waals surface area contributed by atoms with Crippen molar-refractivity contribution in [3.05, 3.63) is 120 Å². The monoisotopic (exact) mass is 942 g/mol. The summed E-state index contributed by atoms with van der Waals surface area (Å²) in [5.74, 6) is -1.83. The Kier molecular flexibility index (Phi) is 19.8. The molecule has 1 aliphatic heterocycles. The summed E-state index contributed by atoms with van der Waals surface area (Å²) in [6, 6.07) is 23.8. The third-order valence-electron chi connectivity index (χ3n) is 12.5. The van der Waals surface area contributed by atoms with Gasteiger partial charge in [-0.2, -0.15) is 0 Å². The minimum atomic E-state index is -1.57. The quantitative estimate of drug-likeness (QED) is 0.0345. The van der Waals surface area contributed by atoms with Crippen LogP contribution < -0.4 is 14.8 Å². The number of rotatable bonds is 26. The van der Waals surface area contributed by atoms with E-state index in [0.29, 0.717) is 43.1 Å². The van der Waals surface area contributed by atoms with Crippen molar-refractivity contribution < 1.29 is 58.2 Å². The summed E-state index contributed by atoms with van der Waals surface area (Å²) in [5.41, 5.74) is 3.50. The third kappa shape index (κ3) is 13.9. The summed E-state index contributed by atoms with van der Waals surface area (Å²) in [6.07, 6.45) is 6.97. The Hall–Kier alpha value is -5.29. The van der Waals surface area contributed by atoms with E-state index in [1.807, 2.05) is 87.5 Å². The lowest BCUT2D eigenvalue weighted by molar-refractivity contribution is -0.256. The van der Waals surface area contributed by atoms with E-state index in [9.17, 15) is 24.9 Å². The summed E-state index contributed by atoms with van der Waals surface area (Å²) in [6.45, 7) is 10.6. The van der Waals surface area contributed by atoms with Crippen LogP contribution in [-0.2, 0) is 36.9 Å². The second kappa shape index (κ2) is 25.9. The molecule has 1 heterocycles. The molecule has 6 unspecified atom stereocenters. The molecule has 370 valence electrons. The van der Waals surface area contributed by atoms with Crippen molar-refractivity contribution in [1.82, 2.24) is 10.2 Å². The number of nitrogens with one attached hydrogen (secondary N) is 1. The summed E-state index contributed by atoms with van der Waals surface area (Å²) in [7, 11) is 0. The number of hydrogen-bond donors (Lipinski definition) is 4. The molecule has 15 nitrogen and oxygen atoms in total. The van der Waals surface area contributed by atoms with Gasteiger partial charge in [-0.1, -0.05) is 90.8 Å². The fourth-order valence-electron chi connectivity index (χ4n) is 9.56. The van der Waals surface area contributed by atoms with E-state index < -0.39 is 35.5 Å². The van der Waals surface area contributed by atoms with E-state index in [0.717, 1.165) is 41.5 Å². The van der Waals surface area contributed by atoms with Gasteiger partial charge in [0.25, 0.3) is 0 Å². The van der Waals surface area contributed by atoms with E-state index in [-0.39, 0.29) is 90.1 Å². The fraction of sp³-hybridized carbons (Fsp3) is 0.528. The average molecular weight is 942 g/mol. The molecule has 0 radical (unpaired) electrons. The molecule has 4 N–H and O–H groups in total. The summed E-state index contributed by atoms with van der Waals surface area (Å²) < 4.78 is 38.0. The lowest BCUT2D eigenvalue weighted by Crippen LogP contribution is -2.70. The van der Waals surface area contributed by atoms with Crippen molar-refractivity contribution >= 4 is 17.9 Å². The molecule has 3 aliphatic rings. The molecule has 3 aromatic carbocycles. The van der Waals surface area contributed by atoms with Crippen LogP contribution in [0.15, 0.2) is 108 Å². The number of nitrogens with zero attached hydrogens (tertiary/aromatic N) is 2. The van der Waals surface area contributed by atoms with Crippen molar-refractivity contribution in [2.45, 2.75) is 102 Å². The van der Waals surface area contributed by atoms with E-state index >= 15 is 0 Å². The number of hydrogen-bond acceptors (Lipinski definition) is 13. The second-order valence-electron chi connectivity index (χ2n) is 18.4. The first-order chi connectivity index (χ1) is 33.0. The maximum Gasteiger partial charge on any atom is 0.412 e. The summed E-state index contributed by atoms with van der Waals surface area (Å²) in [5, 5.41) is 37.3. The van der Waals surface area contributed by atoms with Crippen molar-refractivity contribution in [2.75, 3.05) is 59.4 Å². The van der Waals surface area contributed by atoms with Crippen LogP contribution in [0.1, 0.15) is 88.3 Å². The first kappa shape index (κ1) is 52.1. The summed E-state index contributed by atoms with van der Waals surface area (Å²) in [4.78, 5) is 35.8. The number of carbonyl (C=O) groups is 2. The van der Waals surface area contributed by atoms with Crippen molar-refractivity contribution in [3.8, 4) is 11.5 Å². The zero-order chi connectivity index (χ0) is 48.4. The first-order valence-corrected chi connectivity index (χ1v) is 24.0. The van der Waals surface area contributed by atoms with Crippen molar-refractivity contribution in [3.63, 3.8) is 0 Å². The number of unbranched alkanes of at least 4 members (excludes halogenated alkanes) is 2. The maximum absolute atomic E-state index is 14.7. The smallest absolute Gasteiger partial charge is 0.412 e. The molecular weight excluding hydrogens is 871 g/mol. The topological polar surface area (TPSA) is 187 Å². The third-order valence-corrected chi connectivity index (χ3v) is 12.5. The van der Waals surface area contributed by atoms with Gasteiger partial charge in [-0.25, -0.2) is 9.59 Å². The molecule has 0 spiro atoms. The van der Waals surface area contributed by atoms with E-state index in [4.69, 9.17) is 38.4 Å². The zero-order valence-electron chi connectivity index (χ0n) is 39.9. The van der Waals surface area contributed by atoms with Gasteiger partial charge in [0.15, 0.2) is 0 Å². The molecule has 15 heteroatoms. The number of aliphatic hydroxyl groups excluding tert-OH is 3. The molecule has 1 saturated carbocycles. The van der Waals surface area contributed by atoms with Crippen LogP contribution in [0.25, 0.3) is 0 Å². The standard InChI is InChI=1S/C53H71N3O12/c1-5-28-65-53-47(56(24-29-62-30-27-59)51(61)64-32-31-63-37-39-18-10-7-11-19-39)35-45(55-68-52(2,3)4)43-33-40(20-12-14-25-57)42(21-13-15-26-58)48(49(43)53)44-34-41(22-23-46(44)67-53)66-50(60)54-36-38-16-8-6-9-17-38/h5-11,16-19,22-23,33-34,40,42,47-49,57-59H,1,12-15,20-21,24-32,35-37H2,2-4H3,(H,54,60). The Bertz CT molecular complexity index is 2110. The molecule has 3 aromatic rings. The number of benzene rings is 3. The SMILES string of the molecule is C=CCOC12Oc3ccc(OC(=O)NCc4ccccc4)cc3C3C(CCCCO)C(CCCCO)C=C(C(=NOC(C)(C)C)CC1N(CCOCCO)C(=O)OCCOCc1ccccc1)C32. The predicted molar refractivity (Wildman–Crippen MR) is 257 cm³/mol. The van der Waals surface area contributed by atoms with Crippen molar-refractivity contribution in [1.29, 1.82) is 0 Å². The number of allylic oxidation sites excluding steroid dienone is 1. The number of carbonyl (C=O) groups excluding carboxylic acids is 2. The van der Waals surface area contributed by atoms with E-state index in [2.05, 4.69) is 18.0 Å². The molecular formula is C53H71N3O12. The highest BCUT2D eigenvalue weighted by Crippen LogP contribution is 2.62. The Labute approximate surface area is 401 Å². The van der Waals surface area contributed by atoms with Gasteiger partial charge in [0.2, 0.25) is 5.79 Å². The van der Waals surface area contributed by atoms with Crippen LogP contribution in [-0.4, -0.2) is 115 Å². The lowest BCUT2D eigenvalue weighted by Gasteiger charge is -2.59. The van der Waals surface area contributed by atoms with E-state index in [1.54, 1.807) is 23.1 Å². The van der Waals surface area contributed by atoms with Crippen LogP contribution in [0.5, 0.6) is 11.5 Å². The highest BCUT2D eigenvalue weighted by Gasteiger charge is 2.65. The molecule has 0 bridgehead atoms. The second-order valence-corrected chi connectivity index (χ2v) is 18.4. The average Bonchev–Trinajstić information content (AvgIpc) is 3.33. The zero-order valence-corrected chi connectivity index (χ0v) is 39.9. The Morgan fingerprint density at radius 2 is 1.60 bits per heavy atom. The summed E-state index contributed by atoms with van der Waals surface area (Å²) >= 11 is 0. The Morgan fingerprint density at radius 3 is 2.29 bits per heavy atom. The molecule has 0 aromatic heterocycles. The highest BCUT2D eigenvalue weighted by atomic mass is 16.7. The first-order valence-electron chi connectivity index (χ1n) is 24.0. The van der Waals surface area contributed by atoms with Gasteiger partial charge < -0.3 is 53.9 Å². The fourth-order valence-corrected chi connectivity index (χ4v) is 9.56. The van der Waals surface area contributed by atoms with Gasteiger partial charge >= 0.3 is 12.2 Å². The minimum Gasteiger partial charge on any atom is -0.459 e. The van der Waals surface area contributed by atoms with Gasteiger partial charge in [0.1, 0.15) is 29.7 Å². The number of oxime groups is 1. The van der Waals surface area contributed by atoms with Crippen molar-refractivity contribution in [2.24, 2.45) is 22.9 Å². The van der Waals surface area contributed by atoms with E-state index in [1.165, 1.54) is 0 Å². The Morgan fingerprint density at radius 1 is 0.882 bits per heavy atom. The number of amides is 2. The maximum atomic E-state index is 14.7. The van der Waals surface area contributed by atoms with Crippen LogP contribution in [0.2, 0.25) is 0 Å². The molecule has 6 rings (SSSR count). The molecule has 0 saturated heterocycles. The normalized spacial score (nSPS) is 22.2. The molecule has 2 amide bonds. The van der Waals surface area contributed by atoms with Crippen LogP contribution in [0.3, 0.4) is 0 Å². The van der Waals surface area contributed by atoms with Gasteiger partial charge in [-0.15, -0.1) is 6.58 Å². The van der Waals surface area contributed by atoms with Crippen LogP contribution >= 0.6 is 0 Å².